The van der Waals surface area contributed by atoms with E-state index in [2.05, 4.69) is 5.32 Å². The molecule has 1 aromatic rings. The zero-order valence-electron chi connectivity index (χ0n) is 14.2. The van der Waals surface area contributed by atoms with Gasteiger partial charge in [-0.2, -0.15) is 0 Å². The molecule has 0 fully saturated rings. The Bertz CT molecular complexity index is 590. The zero-order chi connectivity index (χ0) is 18.1. The number of nitro groups is 1. The van der Waals surface area contributed by atoms with Crippen molar-refractivity contribution >= 4 is 11.6 Å². The number of carbonyl (C=O) groups is 1. The second kappa shape index (κ2) is 9.56. The van der Waals surface area contributed by atoms with E-state index in [1.165, 1.54) is 27.4 Å². The number of hydrogen-bond donors (Lipinski definition) is 1. The highest BCUT2D eigenvalue weighted by atomic mass is 16.6. The van der Waals surface area contributed by atoms with Gasteiger partial charge in [0, 0.05) is 25.8 Å². The molecule has 9 nitrogen and oxygen atoms in total. The number of rotatable bonds is 10. The highest BCUT2D eigenvalue weighted by molar-refractivity contribution is 6.00. The van der Waals surface area contributed by atoms with Gasteiger partial charge < -0.3 is 24.3 Å². The van der Waals surface area contributed by atoms with Crippen LogP contribution in [-0.4, -0.2) is 51.9 Å². The average molecular weight is 342 g/mol. The molecule has 0 atom stereocenters. The first-order valence-electron chi connectivity index (χ1n) is 7.35. The van der Waals surface area contributed by atoms with Gasteiger partial charge in [0.1, 0.15) is 5.56 Å². The molecule has 9 heteroatoms. The van der Waals surface area contributed by atoms with Crippen LogP contribution < -0.4 is 19.5 Å². The molecule has 1 rings (SSSR count). The molecule has 0 saturated heterocycles. The Balaban J connectivity index is 3.16. The Labute approximate surface area is 140 Å². The lowest BCUT2D eigenvalue weighted by atomic mass is 10.1. The third-order valence-corrected chi connectivity index (χ3v) is 3.19. The molecule has 134 valence electrons. The predicted molar refractivity (Wildman–Crippen MR) is 86.2 cm³/mol. The minimum absolute atomic E-state index is 0.0552. The van der Waals surface area contributed by atoms with E-state index in [0.29, 0.717) is 26.2 Å². The molecule has 1 aromatic carbocycles. The molecule has 24 heavy (non-hydrogen) atoms. The first-order valence-corrected chi connectivity index (χ1v) is 7.35. The van der Waals surface area contributed by atoms with Gasteiger partial charge in [0.2, 0.25) is 11.5 Å². The van der Waals surface area contributed by atoms with Crippen molar-refractivity contribution in [1.29, 1.82) is 0 Å². The fraction of sp³-hybridized carbons (Fsp3) is 0.533. The molecule has 0 aliphatic rings. The van der Waals surface area contributed by atoms with Gasteiger partial charge in [-0.3, -0.25) is 14.9 Å². The van der Waals surface area contributed by atoms with Crippen molar-refractivity contribution in [3.05, 3.63) is 21.7 Å². The Hall–Kier alpha value is -2.55. The van der Waals surface area contributed by atoms with Crippen LogP contribution >= 0.6 is 0 Å². The largest absolute Gasteiger partial charge is 0.493 e. The summed E-state index contributed by atoms with van der Waals surface area (Å²) in [6, 6.07) is 1.26. The summed E-state index contributed by atoms with van der Waals surface area (Å²) in [5, 5.41) is 14.0. The fourth-order valence-corrected chi connectivity index (χ4v) is 2.11. The van der Waals surface area contributed by atoms with E-state index >= 15 is 0 Å². The first kappa shape index (κ1) is 19.5. The van der Waals surface area contributed by atoms with Crippen molar-refractivity contribution in [2.45, 2.75) is 13.3 Å². The molecular weight excluding hydrogens is 320 g/mol. The zero-order valence-corrected chi connectivity index (χ0v) is 14.2. The molecule has 0 unspecified atom stereocenters. The normalized spacial score (nSPS) is 10.2. The summed E-state index contributed by atoms with van der Waals surface area (Å²) in [5.74, 6) is -0.544. The summed E-state index contributed by atoms with van der Waals surface area (Å²) in [5.41, 5.74) is -0.636. The summed E-state index contributed by atoms with van der Waals surface area (Å²) >= 11 is 0. The second-order valence-electron chi connectivity index (χ2n) is 4.60. The number of benzene rings is 1. The summed E-state index contributed by atoms with van der Waals surface area (Å²) in [6.07, 6.45) is 0.595. The van der Waals surface area contributed by atoms with E-state index in [4.69, 9.17) is 18.9 Å². The van der Waals surface area contributed by atoms with Gasteiger partial charge in [0.05, 0.1) is 26.3 Å². The molecule has 1 amide bonds. The average Bonchev–Trinajstić information content (AvgIpc) is 2.58. The van der Waals surface area contributed by atoms with E-state index in [9.17, 15) is 14.9 Å². The lowest BCUT2D eigenvalue weighted by Crippen LogP contribution is -2.26. The van der Waals surface area contributed by atoms with E-state index in [0.717, 1.165) is 0 Å². The van der Waals surface area contributed by atoms with Gasteiger partial charge in [0.15, 0.2) is 5.75 Å². The molecule has 0 aliphatic carbocycles. The van der Waals surface area contributed by atoms with Crippen LogP contribution in [-0.2, 0) is 4.74 Å². The summed E-state index contributed by atoms with van der Waals surface area (Å²) in [4.78, 5) is 23.1. The number of hydrogen-bond acceptors (Lipinski definition) is 7. The number of carbonyl (C=O) groups excluding carboxylic acids is 1. The van der Waals surface area contributed by atoms with Gasteiger partial charge in [0.25, 0.3) is 5.91 Å². The number of ether oxygens (including phenoxy) is 4. The molecular formula is C15H22N2O7. The standard InChI is InChI=1S/C15H22N2O7/c1-5-24-8-6-7-16-15(18)10-9-11(21-2)13(22-3)14(23-4)12(10)17(19)20/h9H,5-8H2,1-4H3,(H,16,18). The topological polar surface area (TPSA) is 109 Å². The molecule has 0 aromatic heterocycles. The SMILES string of the molecule is CCOCCCNC(=O)c1cc(OC)c(OC)c(OC)c1[N+](=O)[O-]. The van der Waals surface area contributed by atoms with Crippen LogP contribution in [0.15, 0.2) is 6.07 Å². The highest BCUT2D eigenvalue weighted by Gasteiger charge is 2.32. The molecule has 0 saturated carbocycles. The maximum absolute atomic E-state index is 12.3. The van der Waals surface area contributed by atoms with Crippen molar-refractivity contribution in [1.82, 2.24) is 5.32 Å². The highest BCUT2D eigenvalue weighted by Crippen LogP contribution is 2.46. The number of nitrogens with zero attached hydrogens (tertiary/aromatic N) is 1. The van der Waals surface area contributed by atoms with Gasteiger partial charge >= 0.3 is 5.69 Å². The monoisotopic (exact) mass is 342 g/mol. The molecule has 0 bridgehead atoms. The van der Waals surface area contributed by atoms with E-state index in [1.807, 2.05) is 6.92 Å². The molecule has 0 spiro atoms. The third kappa shape index (κ3) is 4.48. The smallest absolute Gasteiger partial charge is 0.327 e. The summed E-state index contributed by atoms with van der Waals surface area (Å²) in [7, 11) is 3.96. The van der Waals surface area contributed by atoms with E-state index < -0.39 is 16.5 Å². The van der Waals surface area contributed by atoms with Crippen molar-refractivity contribution < 1.29 is 28.7 Å². The number of amides is 1. The minimum atomic E-state index is -0.685. The van der Waals surface area contributed by atoms with Crippen molar-refractivity contribution in [3.8, 4) is 17.2 Å². The lowest BCUT2D eigenvalue weighted by molar-refractivity contribution is -0.386. The van der Waals surface area contributed by atoms with Crippen LogP contribution in [0.1, 0.15) is 23.7 Å². The second-order valence-corrected chi connectivity index (χ2v) is 4.60. The summed E-state index contributed by atoms with van der Waals surface area (Å²) < 4.78 is 20.5. The Kier molecular flexibility index (Phi) is 7.76. The van der Waals surface area contributed by atoms with Crippen molar-refractivity contribution in [2.24, 2.45) is 0 Å². The van der Waals surface area contributed by atoms with Crippen LogP contribution in [0.5, 0.6) is 17.2 Å². The maximum atomic E-state index is 12.3. The number of methoxy groups -OCH3 is 3. The predicted octanol–water partition coefficient (Wildman–Crippen LogP) is 1.78. The van der Waals surface area contributed by atoms with Crippen LogP contribution in [0.2, 0.25) is 0 Å². The van der Waals surface area contributed by atoms with E-state index in [-0.39, 0.29) is 22.8 Å². The van der Waals surface area contributed by atoms with Crippen LogP contribution in [0.25, 0.3) is 0 Å². The van der Waals surface area contributed by atoms with Gasteiger partial charge in [-0.25, -0.2) is 0 Å². The number of nitro benzene ring substituents is 1. The minimum Gasteiger partial charge on any atom is -0.493 e. The van der Waals surface area contributed by atoms with Crippen molar-refractivity contribution in [3.63, 3.8) is 0 Å². The van der Waals surface area contributed by atoms with Crippen LogP contribution in [0.3, 0.4) is 0 Å². The Morgan fingerprint density at radius 3 is 2.38 bits per heavy atom. The lowest BCUT2D eigenvalue weighted by Gasteiger charge is -2.14. The van der Waals surface area contributed by atoms with Gasteiger partial charge in [-0.1, -0.05) is 0 Å². The maximum Gasteiger partial charge on any atom is 0.327 e. The Morgan fingerprint density at radius 1 is 1.21 bits per heavy atom. The van der Waals surface area contributed by atoms with E-state index in [1.54, 1.807) is 0 Å². The van der Waals surface area contributed by atoms with Gasteiger partial charge in [-0.05, 0) is 13.3 Å². The third-order valence-electron chi connectivity index (χ3n) is 3.19. The van der Waals surface area contributed by atoms with Crippen molar-refractivity contribution in [2.75, 3.05) is 41.1 Å². The first-order chi connectivity index (χ1) is 11.5. The fourth-order valence-electron chi connectivity index (χ4n) is 2.11. The molecule has 0 heterocycles. The molecule has 0 radical (unpaired) electrons. The molecule has 0 aliphatic heterocycles. The quantitative estimate of drug-likeness (QED) is 0.392. The summed E-state index contributed by atoms with van der Waals surface area (Å²) in [6.45, 7) is 3.28. The van der Waals surface area contributed by atoms with Crippen LogP contribution in [0.4, 0.5) is 5.69 Å². The molecule has 1 N–H and O–H groups in total. The Morgan fingerprint density at radius 2 is 1.88 bits per heavy atom. The van der Waals surface area contributed by atoms with Crippen LogP contribution in [0, 0.1) is 10.1 Å². The number of nitrogens with one attached hydrogen (secondary N) is 1. The van der Waals surface area contributed by atoms with Gasteiger partial charge in [-0.15, -0.1) is 0 Å².